The van der Waals surface area contributed by atoms with Crippen LogP contribution >= 0.6 is 35.4 Å². The van der Waals surface area contributed by atoms with Gasteiger partial charge < -0.3 is 4.98 Å². The maximum Gasteiger partial charge on any atom is 0.255 e. The molecule has 1 aromatic carbocycles. The Kier molecular flexibility index (Phi) is 6.43. The van der Waals surface area contributed by atoms with Crippen LogP contribution in [0.15, 0.2) is 47.3 Å². The molecule has 4 rings (SSSR count). The summed E-state index contributed by atoms with van der Waals surface area (Å²) in [5.41, 5.74) is 2.27. The van der Waals surface area contributed by atoms with Crippen LogP contribution in [0.25, 0.3) is 0 Å². The number of rotatable bonds is 4. The minimum absolute atomic E-state index is 0.151. The normalized spacial score (nSPS) is 24.0. The smallest absolute Gasteiger partial charge is 0.255 e. The van der Waals surface area contributed by atoms with Gasteiger partial charge in [0.05, 0.1) is 0 Å². The Hall–Kier alpha value is -1.62. The zero-order valence-corrected chi connectivity index (χ0v) is 18.4. The summed E-state index contributed by atoms with van der Waals surface area (Å²) in [5, 5.41) is 1.15. The summed E-state index contributed by atoms with van der Waals surface area (Å²) < 4.78 is 0.376. The standard InChI is InChI=1S/C23H24Cl2N2OS/c24-19-7-4-8-20(25)17(19)13-18-21(26-23(29)27-22(18)28)16-11-9-15(10-12-16)14-5-2-1-3-6-14/h1-5,7-8,14-16H,6,9-13H2,(H2,26,27,28,29). The van der Waals surface area contributed by atoms with E-state index in [0.29, 0.717) is 44.6 Å². The largest absolute Gasteiger partial charge is 0.335 e. The highest BCUT2D eigenvalue weighted by Gasteiger charge is 2.29. The molecule has 2 aliphatic carbocycles. The number of H-pyrrole nitrogens is 2. The van der Waals surface area contributed by atoms with Gasteiger partial charge in [0.15, 0.2) is 4.77 Å². The van der Waals surface area contributed by atoms with E-state index in [1.807, 2.05) is 6.07 Å². The average Bonchev–Trinajstić information content (AvgIpc) is 2.72. The third-order valence-electron chi connectivity index (χ3n) is 6.29. The van der Waals surface area contributed by atoms with Gasteiger partial charge in [0.2, 0.25) is 0 Å². The lowest BCUT2D eigenvalue weighted by molar-refractivity contribution is 0.262. The van der Waals surface area contributed by atoms with Crippen LogP contribution in [0.2, 0.25) is 10.0 Å². The highest BCUT2D eigenvalue weighted by Crippen LogP contribution is 2.41. The highest BCUT2D eigenvalue weighted by atomic mass is 35.5. The zero-order valence-electron chi connectivity index (χ0n) is 16.1. The van der Waals surface area contributed by atoms with Crippen molar-refractivity contribution in [3.05, 3.63) is 84.5 Å². The lowest BCUT2D eigenvalue weighted by Crippen LogP contribution is -2.25. The molecule has 152 valence electrons. The fraction of sp³-hybridized carbons (Fsp3) is 0.391. The molecule has 1 heterocycles. The van der Waals surface area contributed by atoms with Crippen LogP contribution in [0.1, 0.15) is 54.8 Å². The van der Waals surface area contributed by atoms with Crippen molar-refractivity contribution >= 4 is 35.4 Å². The first-order chi connectivity index (χ1) is 14.0. The van der Waals surface area contributed by atoms with E-state index < -0.39 is 0 Å². The molecule has 1 unspecified atom stereocenters. The first-order valence-corrected chi connectivity index (χ1v) is 11.3. The van der Waals surface area contributed by atoms with Gasteiger partial charge in [0, 0.05) is 27.7 Å². The molecule has 0 amide bonds. The van der Waals surface area contributed by atoms with Gasteiger partial charge in [0.1, 0.15) is 0 Å². The third kappa shape index (κ3) is 4.60. The van der Waals surface area contributed by atoms with Crippen molar-refractivity contribution in [2.24, 2.45) is 11.8 Å². The lowest BCUT2D eigenvalue weighted by atomic mass is 9.72. The Morgan fingerprint density at radius 2 is 1.72 bits per heavy atom. The molecule has 0 spiro atoms. The monoisotopic (exact) mass is 446 g/mol. The lowest BCUT2D eigenvalue weighted by Gasteiger charge is -2.33. The molecule has 3 nitrogen and oxygen atoms in total. The van der Waals surface area contributed by atoms with Crippen LogP contribution in [0, 0.1) is 16.6 Å². The number of hydrogen-bond donors (Lipinski definition) is 2. The number of halogens is 2. The highest BCUT2D eigenvalue weighted by molar-refractivity contribution is 7.71. The SMILES string of the molecule is O=c1[nH]c(=S)[nH]c(C2CCC(C3C=CC=CC3)CC2)c1Cc1c(Cl)cccc1Cl. The Morgan fingerprint density at radius 1 is 1.00 bits per heavy atom. The first kappa shape index (κ1) is 20.6. The summed E-state index contributed by atoms with van der Waals surface area (Å²) in [7, 11) is 0. The van der Waals surface area contributed by atoms with Gasteiger partial charge in [-0.25, -0.2) is 0 Å². The molecule has 0 saturated heterocycles. The van der Waals surface area contributed by atoms with Crippen molar-refractivity contribution in [1.29, 1.82) is 0 Å². The molecular formula is C23H24Cl2N2OS. The van der Waals surface area contributed by atoms with Crippen LogP contribution < -0.4 is 5.56 Å². The molecule has 6 heteroatoms. The van der Waals surface area contributed by atoms with Crippen LogP contribution in [0.5, 0.6) is 0 Å². The minimum atomic E-state index is -0.151. The maximum atomic E-state index is 12.8. The fourth-order valence-corrected chi connectivity index (χ4v) is 5.45. The van der Waals surface area contributed by atoms with Gasteiger partial charge in [-0.1, -0.05) is 53.6 Å². The number of hydrogen-bond acceptors (Lipinski definition) is 2. The Bertz CT molecular complexity index is 1040. The van der Waals surface area contributed by atoms with Gasteiger partial charge >= 0.3 is 0 Å². The molecule has 2 N–H and O–H groups in total. The molecule has 0 aliphatic heterocycles. The van der Waals surface area contributed by atoms with Crippen LogP contribution in [-0.4, -0.2) is 9.97 Å². The number of benzene rings is 1. The Labute approximate surface area is 185 Å². The molecule has 2 aromatic rings. The molecular weight excluding hydrogens is 423 g/mol. The van der Waals surface area contributed by atoms with Crippen molar-refractivity contribution < 1.29 is 0 Å². The summed E-state index contributed by atoms with van der Waals surface area (Å²) in [5.74, 6) is 1.65. The predicted octanol–water partition coefficient (Wildman–Crippen LogP) is 6.74. The van der Waals surface area contributed by atoms with E-state index in [1.54, 1.807) is 12.1 Å². The van der Waals surface area contributed by atoms with Crippen LogP contribution in [0.3, 0.4) is 0 Å². The first-order valence-electron chi connectivity index (χ1n) is 10.1. The average molecular weight is 447 g/mol. The van der Waals surface area contributed by atoms with Gasteiger partial charge in [-0.3, -0.25) is 9.78 Å². The third-order valence-corrected chi connectivity index (χ3v) is 7.20. The summed E-state index contributed by atoms with van der Waals surface area (Å²) in [6.45, 7) is 0. The second kappa shape index (κ2) is 9.03. The quantitative estimate of drug-likeness (QED) is 0.510. The second-order valence-corrected chi connectivity index (χ2v) is 9.22. The topological polar surface area (TPSA) is 48.6 Å². The zero-order chi connectivity index (χ0) is 20.4. The van der Waals surface area contributed by atoms with Crippen molar-refractivity contribution in [1.82, 2.24) is 9.97 Å². The molecule has 1 aromatic heterocycles. The summed E-state index contributed by atoms with van der Waals surface area (Å²) in [6, 6.07) is 5.42. The second-order valence-electron chi connectivity index (χ2n) is 8.00. The van der Waals surface area contributed by atoms with E-state index in [0.717, 1.165) is 43.4 Å². The Balaban J connectivity index is 1.59. The van der Waals surface area contributed by atoms with E-state index in [9.17, 15) is 4.79 Å². The van der Waals surface area contributed by atoms with E-state index in [-0.39, 0.29) is 5.56 Å². The molecule has 0 bridgehead atoms. The van der Waals surface area contributed by atoms with Crippen LogP contribution in [0.4, 0.5) is 0 Å². The van der Waals surface area contributed by atoms with Crippen molar-refractivity contribution in [2.45, 2.75) is 44.4 Å². The summed E-state index contributed by atoms with van der Waals surface area (Å²) in [6.07, 6.45) is 14.9. The molecule has 2 aliphatic rings. The number of nitrogens with one attached hydrogen (secondary N) is 2. The van der Waals surface area contributed by atoms with E-state index in [4.69, 9.17) is 35.4 Å². The van der Waals surface area contributed by atoms with Crippen molar-refractivity contribution in [3.8, 4) is 0 Å². The van der Waals surface area contributed by atoms with Crippen molar-refractivity contribution in [3.63, 3.8) is 0 Å². The van der Waals surface area contributed by atoms with Gasteiger partial charge in [-0.2, -0.15) is 0 Å². The van der Waals surface area contributed by atoms with Crippen LogP contribution in [-0.2, 0) is 6.42 Å². The Morgan fingerprint density at radius 3 is 2.38 bits per heavy atom. The number of aromatic nitrogens is 2. The van der Waals surface area contributed by atoms with E-state index >= 15 is 0 Å². The van der Waals surface area contributed by atoms with Crippen molar-refractivity contribution in [2.75, 3.05) is 0 Å². The number of allylic oxidation sites excluding steroid dienone is 4. The molecule has 1 atom stereocenters. The van der Waals surface area contributed by atoms with E-state index in [2.05, 4.69) is 34.3 Å². The summed E-state index contributed by atoms with van der Waals surface area (Å²) in [4.78, 5) is 18.8. The maximum absolute atomic E-state index is 12.8. The van der Waals surface area contributed by atoms with Gasteiger partial charge in [0.25, 0.3) is 5.56 Å². The predicted molar refractivity (Wildman–Crippen MR) is 123 cm³/mol. The molecule has 0 radical (unpaired) electrons. The molecule has 1 saturated carbocycles. The fourth-order valence-electron chi connectivity index (χ4n) is 4.72. The molecule has 1 fully saturated rings. The summed E-state index contributed by atoms with van der Waals surface area (Å²) >= 11 is 18.0. The van der Waals surface area contributed by atoms with Gasteiger partial charge in [-0.05, 0) is 79.8 Å². The minimum Gasteiger partial charge on any atom is -0.335 e. The number of aromatic amines is 2. The van der Waals surface area contributed by atoms with E-state index in [1.165, 1.54) is 0 Å². The van der Waals surface area contributed by atoms with Gasteiger partial charge in [-0.15, -0.1) is 0 Å². The molecule has 29 heavy (non-hydrogen) atoms.